The molecule has 0 radical (unpaired) electrons. The monoisotopic (exact) mass is 358 g/mol. The van der Waals surface area contributed by atoms with E-state index in [4.69, 9.17) is 5.73 Å². The zero-order valence-corrected chi connectivity index (χ0v) is 13.6. The fraction of sp³-hybridized carbons (Fsp3) is 0.250. The van der Waals surface area contributed by atoms with Crippen molar-refractivity contribution in [3.8, 4) is 0 Å². The Bertz CT molecular complexity index is 938. The third kappa shape index (κ3) is 3.68. The van der Waals surface area contributed by atoms with E-state index in [-0.39, 0.29) is 30.0 Å². The van der Waals surface area contributed by atoms with Crippen LogP contribution in [0.4, 0.5) is 32.4 Å². The summed E-state index contributed by atoms with van der Waals surface area (Å²) in [6.07, 6.45) is 2.32. The molecule has 0 saturated heterocycles. The van der Waals surface area contributed by atoms with E-state index in [1.807, 2.05) is 6.07 Å². The summed E-state index contributed by atoms with van der Waals surface area (Å²) in [5.74, 6) is 0.226. The molecule has 1 aliphatic carbocycles. The lowest BCUT2D eigenvalue weighted by atomic mass is 10.2. The lowest BCUT2D eigenvalue weighted by Crippen LogP contribution is -2.10. The Hall–Kier alpha value is -3.30. The molecule has 1 aliphatic rings. The van der Waals surface area contributed by atoms with Crippen LogP contribution in [0.5, 0.6) is 0 Å². The van der Waals surface area contributed by atoms with Gasteiger partial charge in [-0.05, 0) is 18.9 Å². The summed E-state index contributed by atoms with van der Waals surface area (Å²) in [6, 6.07) is 5.26. The van der Waals surface area contributed by atoms with Crippen LogP contribution in [0.3, 0.4) is 0 Å². The number of hydrogen-bond donors (Lipinski definition) is 4. The number of nitrogens with zero attached hydrogens (tertiary/aromatic N) is 4. The number of hydrogen-bond acceptors (Lipinski definition) is 7. The zero-order valence-electron chi connectivity index (χ0n) is 13.6. The summed E-state index contributed by atoms with van der Waals surface area (Å²) in [6.45, 7) is 0.0727. The second-order valence-corrected chi connectivity index (χ2v) is 6.04. The number of rotatable bonds is 6. The first-order chi connectivity index (χ1) is 12.6. The van der Waals surface area contributed by atoms with Crippen molar-refractivity contribution in [2.45, 2.75) is 25.3 Å². The first-order valence-electron chi connectivity index (χ1n) is 8.08. The van der Waals surface area contributed by atoms with E-state index in [0.29, 0.717) is 11.7 Å². The molecule has 0 aliphatic heterocycles. The topological polar surface area (TPSA) is 117 Å². The van der Waals surface area contributed by atoms with Gasteiger partial charge in [-0.1, -0.05) is 6.07 Å². The summed E-state index contributed by atoms with van der Waals surface area (Å²) >= 11 is 0. The molecule has 5 N–H and O–H groups in total. The Kier molecular flexibility index (Phi) is 4.07. The van der Waals surface area contributed by atoms with Crippen LogP contribution in [-0.2, 0) is 6.54 Å². The molecule has 1 saturated carbocycles. The molecule has 26 heavy (non-hydrogen) atoms. The maximum absolute atomic E-state index is 13.7. The largest absolute Gasteiger partial charge is 0.368 e. The van der Waals surface area contributed by atoms with Gasteiger partial charge in [-0.3, -0.25) is 5.10 Å². The van der Waals surface area contributed by atoms with Crippen molar-refractivity contribution in [1.29, 1.82) is 0 Å². The van der Waals surface area contributed by atoms with Gasteiger partial charge in [-0.15, -0.1) is 0 Å². The van der Waals surface area contributed by atoms with Gasteiger partial charge in [0.2, 0.25) is 17.8 Å². The second-order valence-electron chi connectivity index (χ2n) is 6.04. The van der Waals surface area contributed by atoms with Gasteiger partial charge in [0.05, 0.1) is 0 Å². The predicted molar refractivity (Wildman–Crippen MR) is 91.8 cm³/mol. The van der Waals surface area contributed by atoms with Gasteiger partial charge < -0.3 is 16.4 Å². The lowest BCUT2D eigenvalue weighted by molar-refractivity contribution is 0.574. The molecular weight excluding hydrogens is 342 g/mol. The number of nitrogens with one attached hydrogen (secondary N) is 3. The van der Waals surface area contributed by atoms with Gasteiger partial charge in [0.15, 0.2) is 5.82 Å². The number of halogens is 2. The number of benzene rings is 1. The molecule has 8 nitrogen and oxygen atoms in total. The van der Waals surface area contributed by atoms with E-state index in [0.717, 1.165) is 24.6 Å². The molecule has 10 heteroatoms. The molecule has 0 atom stereocenters. The zero-order chi connectivity index (χ0) is 18.1. The van der Waals surface area contributed by atoms with Gasteiger partial charge in [0.25, 0.3) is 0 Å². The van der Waals surface area contributed by atoms with Crippen LogP contribution >= 0.6 is 0 Å². The Morgan fingerprint density at radius 1 is 1.12 bits per heavy atom. The normalized spacial score (nSPS) is 13.6. The van der Waals surface area contributed by atoms with Crippen molar-refractivity contribution in [2.24, 2.45) is 0 Å². The number of aromatic amines is 1. The molecule has 1 aromatic carbocycles. The second kappa shape index (κ2) is 6.54. The Balaban J connectivity index is 1.46. The highest BCUT2D eigenvalue weighted by molar-refractivity contribution is 5.51. The molecule has 2 heterocycles. The number of anilines is 4. The highest BCUT2D eigenvalue weighted by Crippen LogP contribution is 2.39. The minimum absolute atomic E-state index is 0.00234. The van der Waals surface area contributed by atoms with Crippen LogP contribution < -0.4 is 16.4 Å². The molecule has 0 unspecified atom stereocenters. The fourth-order valence-corrected chi connectivity index (χ4v) is 2.49. The molecule has 1 fully saturated rings. The van der Waals surface area contributed by atoms with Crippen molar-refractivity contribution in [1.82, 2.24) is 25.1 Å². The minimum Gasteiger partial charge on any atom is -0.368 e. The Labute approximate surface area is 147 Å². The third-order valence-electron chi connectivity index (χ3n) is 3.96. The van der Waals surface area contributed by atoms with Crippen molar-refractivity contribution in [3.05, 3.63) is 47.2 Å². The molecule has 134 valence electrons. The van der Waals surface area contributed by atoms with Crippen LogP contribution in [0.15, 0.2) is 24.3 Å². The Morgan fingerprint density at radius 3 is 2.69 bits per heavy atom. The number of aromatic nitrogens is 5. The van der Waals surface area contributed by atoms with Gasteiger partial charge >= 0.3 is 0 Å². The lowest BCUT2D eigenvalue weighted by Gasteiger charge is -2.08. The molecule has 0 amide bonds. The molecule has 0 spiro atoms. The SMILES string of the molecule is Nc1nc(NCc2ccc(F)cc2F)nc(Nc2cc(C3CC3)[nH]n2)n1. The maximum Gasteiger partial charge on any atom is 0.235 e. The summed E-state index contributed by atoms with van der Waals surface area (Å²) < 4.78 is 26.6. The quantitative estimate of drug-likeness (QED) is 0.535. The first kappa shape index (κ1) is 16.2. The molecular formula is C16H16F2N8. The minimum atomic E-state index is -0.651. The van der Waals surface area contributed by atoms with E-state index in [1.165, 1.54) is 12.1 Å². The number of nitrogens with two attached hydrogens (primary N) is 1. The maximum atomic E-state index is 13.7. The molecule has 3 aromatic rings. The first-order valence-corrected chi connectivity index (χ1v) is 8.08. The van der Waals surface area contributed by atoms with Crippen LogP contribution in [0, 0.1) is 11.6 Å². The molecule has 4 rings (SSSR count). The van der Waals surface area contributed by atoms with E-state index < -0.39 is 11.6 Å². The average molecular weight is 358 g/mol. The third-order valence-corrected chi connectivity index (χ3v) is 3.96. The highest BCUT2D eigenvalue weighted by atomic mass is 19.1. The number of H-pyrrole nitrogens is 1. The summed E-state index contributed by atoms with van der Waals surface area (Å²) in [7, 11) is 0. The van der Waals surface area contributed by atoms with Crippen molar-refractivity contribution in [3.63, 3.8) is 0 Å². The fourth-order valence-electron chi connectivity index (χ4n) is 2.49. The highest BCUT2D eigenvalue weighted by Gasteiger charge is 2.25. The Morgan fingerprint density at radius 2 is 1.92 bits per heavy atom. The van der Waals surface area contributed by atoms with Crippen LogP contribution in [0.2, 0.25) is 0 Å². The van der Waals surface area contributed by atoms with Crippen molar-refractivity contribution < 1.29 is 8.78 Å². The molecule has 0 bridgehead atoms. The van der Waals surface area contributed by atoms with Gasteiger partial charge in [0, 0.05) is 35.9 Å². The summed E-state index contributed by atoms with van der Waals surface area (Å²) in [4.78, 5) is 12.2. The average Bonchev–Trinajstić information content (AvgIpc) is 3.34. The van der Waals surface area contributed by atoms with E-state index in [2.05, 4.69) is 35.8 Å². The van der Waals surface area contributed by atoms with E-state index in [1.54, 1.807) is 0 Å². The van der Waals surface area contributed by atoms with Gasteiger partial charge in [0.1, 0.15) is 11.6 Å². The molecule has 2 aromatic heterocycles. The predicted octanol–water partition coefficient (Wildman–Crippen LogP) is 2.69. The standard InChI is InChI=1S/C16H16F2N8/c17-10-4-3-9(11(18)5-10)7-20-15-22-14(19)23-16(24-15)21-13-6-12(25-26-13)8-1-2-8/h3-6,8H,1-2,7H2,(H5,19,20,21,22,23,24,25,26). The smallest absolute Gasteiger partial charge is 0.235 e. The van der Waals surface area contributed by atoms with Crippen LogP contribution in [0.1, 0.15) is 30.0 Å². The van der Waals surface area contributed by atoms with Crippen LogP contribution in [0.25, 0.3) is 0 Å². The van der Waals surface area contributed by atoms with Crippen molar-refractivity contribution >= 4 is 23.7 Å². The van der Waals surface area contributed by atoms with E-state index in [9.17, 15) is 8.78 Å². The van der Waals surface area contributed by atoms with E-state index >= 15 is 0 Å². The van der Waals surface area contributed by atoms with Crippen LogP contribution in [-0.4, -0.2) is 25.1 Å². The summed E-state index contributed by atoms with van der Waals surface area (Å²) in [5.41, 5.74) is 7.05. The van der Waals surface area contributed by atoms with Crippen molar-refractivity contribution in [2.75, 3.05) is 16.4 Å². The van der Waals surface area contributed by atoms with Gasteiger partial charge in [-0.2, -0.15) is 20.1 Å². The summed E-state index contributed by atoms with van der Waals surface area (Å²) in [5, 5.41) is 12.9. The van der Waals surface area contributed by atoms with Gasteiger partial charge in [-0.25, -0.2) is 8.78 Å². The number of nitrogen functional groups attached to an aromatic ring is 1.